The van der Waals surface area contributed by atoms with E-state index < -0.39 is 0 Å². The second kappa shape index (κ2) is 7.15. The number of fused-ring (bicyclic) bond motifs is 1. The number of anilines is 1. The van der Waals surface area contributed by atoms with E-state index in [0.717, 1.165) is 18.7 Å². The molecule has 4 rings (SSSR count). The highest BCUT2D eigenvalue weighted by Gasteiger charge is 2.22. The highest BCUT2D eigenvalue weighted by molar-refractivity contribution is 6.07. The average molecular weight is 350 g/mol. The first-order valence-electron chi connectivity index (χ1n) is 9.06. The summed E-state index contributed by atoms with van der Waals surface area (Å²) in [5.74, 6) is 1.76. The van der Waals surface area contributed by atoms with Crippen LogP contribution in [0.25, 0.3) is 5.65 Å². The second-order valence-electron chi connectivity index (χ2n) is 6.66. The molecule has 6 nitrogen and oxygen atoms in total. The van der Waals surface area contributed by atoms with Gasteiger partial charge in [-0.1, -0.05) is 31.4 Å². The van der Waals surface area contributed by atoms with Crippen molar-refractivity contribution < 1.29 is 9.53 Å². The topological polar surface area (TPSA) is 68.5 Å². The molecule has 1 aliphatic carbocycles. The lowest BCUT2D eigenvalue weighted by molar-refractivity contribution is 0.102. The van der Waals surface area contributed by atoms with Gasteiger partial charge in [0.15, 0.2) is 5.65 Å². The fraction of sp³-hybridized carbons (Fsp3) is 0.350. The molecule has 1 aliphatic rings. The molecule has 3 aromatic rings. The zero-order valence-corrected chi connectivity index (χ0v) is 14.8. The van der Waals surface area contributed by atoms with Gasteiger partial charge in [-0.3, -0.25) is 9.20 Å². The Balaban J connectivity index is 1.65. The van der Waals surface area contributed by atoms with Crippen LogP contribution in [0.15, 0.2) is 42.6 Å². The van der Waals surface area contributed by atoms with Crippen molar-refractivity contribution >= 4 is 17.2 Å². The van der Waals surface area contributed by atoms with Crippen LogP contribution in [0.1, 0.15) is 54.2 Å². The number of hydrogen-bond donors (Lipinski definition) is 1. The van der Waals surface area contributed by atoms with E-state index in [9.17, 15) is 4.79 Å². The zero-order chi connectivity index (χ0) is 17.9. The van der Waals surface area contributed by atoms with Gasteiger partial charge >= 0.3 is 0 Å². The number of pyridine rings is 1. The summed E-state index contributed by atoms with van der Waals surface area (Å²) >= 11 is 0. The molecule has 2 heterocycles. The predicted octanol–water partition coefficient (Wildman–Crippen LogP) is 4.04. The van der Waals surface area contributed by atoms with Crippen molar-refractivity contribution in [2.24, 2.45) is 0 Å². The number of aromatic nitrogens is 3. The molecule has 0 atom stereocenters. The highest BCUT2D eigenvalue weighted by atomic mass is 16.5. The minimum absolute atomic E-state index is 0.224. The number of methoxy groups -OCH3 is 1. The average Bonchev–Trinajstić information content (AvgIpc) is 3.14. The minimum Gasteiger partial charge on any atom is -0.496 e. The van der Waals surface area contributed by atoms with Gasteiger partial charge in [0.25, 0.3) is 5.91 Å². The van der Waals surface area contributed by atoms with Crippen molar-refractivity contribution in [2.75, 3.05) is 12.4 Å². The number of carbonyl (C=O) groups is 1. The van der Waals surface area contributed by atoms with Crippen molar-refractivity contribution in [3.8, 4) is 5.75 Å². The Bertz CT molecular complexity index is 928. The molecular formula is C20H22N4O2. The number of nitrogens with one attached hydrogen (secondary N) is 1. The molecule has 6 heteroatoms. The molecule has 0 spiro atoms. The van der Waals surface area contributed by atoms with E-state index in [1.165, 1.54) is 19.3 Å². The third-order valence-electron chi connectivity index (χ3n) is 5.03. The molecule has 0 aliphatic heterocycles. The smallest absolute Gasteiger partial charge is 0.259 e. The summed E-state index contributed by atoms with van der Waals surface area (Å²) in [6.07, 6.45) is 8.05. The summed E-state index contributed by atoms with van der Waals surface area (Å²) in [6, 6.07) is 10.9. The van der Waals surface area contributed by atoms with Gasteiger partial charge in [-0.2, -0.15) is 0 Å². The van der Waals surface area contributed by atoms with Crippen molar-refractivity contribution in [2.45, 2.75) is 38.0 Å². The molecule has 0 bridgehead atoms. The van der Waals surface area contributed by atoms with E-state index in [4.69, 9.17) is 4.74 Å². The number of nitrogens with zero attached hydrogens (tertiary/aromatic N) is 3. The maximum atomic E-state index is 12.7. The minimum atomic E-state index is -0.224. The number of carbonyl (C=O) groups excluding carboxylic acids is 1. The third kappa shape index (κ3) is 3.03. The maximum Gasteiger partial charge on any atom is 0.259 e. The third-order valence-corrected chi connectivity index (χ3v) is 5.03. The van der Waals surface area contributed by atoms with E-state index in [1.807, 2.05) is 34.9 Å². The number of hydrogen-bond acceptors (Lipinski definition) is 4. The quantitative estimate of drug-likeness (QED) is 0.771. The van der Waals surface area contributed by atoms with Gasteiger partial charge < -0.3 is 10.1 Å². The number of amides is 1. The van der Waals surface area contributed by atoms with Crippen molar-refractivity contribution in [3.05, 3.63) is 54.0 Å². The zero-order valence-electron chi connectivity index (χ0n) is 14.8. The lowest BCUT2D eigenvalue weighted by Gasteiger charge is -2.19. The van der Waals surface area contributed by atoms with Crippen LogP contribution in [0, 0.1) is 0 Å². The molecule has 0 saturated heterocycles. The van der Waals surface area contributed by atoms with E-state index in [2.05, 4.69) is 15.5 Å². The monoisotopic (exact) mass is 350 g/mol. The van der Waals surface area contributed by atoms with Crippen LogP contribution in [-0.4, -0.2) is 27.6 Å². The number of para-hydroxylation sites is 1. The lowest BCUT2D eigenvalue weighted by Crippen LogP contribution is -2.14. The Morgan fingerprint density at radius 1 is 1.12 bits per heavy atom. The van der Waals surface area contributed by atoms with Gasteiger partial charge in [0.1, 0.15) is 11.6 Å². The Kier molecular flexibility index (Phi) is 4.56. The summed E-state index contributed by atoms with van der Waals surface area (Å²) in [4.78, 5) is 12.7. The molecule has 0 radical (unpaired) electrons. The summed E-state index contributed by atoms with van der Waals surface area (Å²) < 4.78 is 7.29. The van der Waals surface area contributed by atoms with E-state index in [0.29, 0.717) is 28.6 Å². The Morgan fingerprint density at radius 2 is 1.92 bits per heavy atom. The summed E-state index contributed by atoms with van der Waals surface area (Å²) in [5, 5.41) is 11.7. The standard InChI is InChI=1S/C20H22N4O2/c1-26-17-12-6-5-10-15(17)20(25)21-16-11-7-13-24-18(22-23-19(16)24)14-8-3-2-4-9-14/h5-7,10-14H,2-4,8-9H2,1H3,(H,21,25). The van der Waals surface area contributed by atoms with Gasteiger partial charge in [0, 0.05) is 12.1 Å². The molecule has 1 N–H and O–H groups in total. The van der Waals surface area contributed by atoms with E-state index >= 15 is 0 Å². The second-order valence-corrected chi connectivity index (χ2v) is 6.66. The Labute approximate surface area is 152 Å². The van der Waals surface area contributed by atoms with Gasteiger partial charge in [-0.05, 0) is 37.1 Å². The fourth-order valence-corrected chi connectivity index (χ4v) is 3.69. The van der Waals surface area contributed by atoms with E-state index in [-0.39, 0.29) is 5.91 Å². The summed E-state index contributed by atoms with van der Waals surface area (Å²) in [7, 11) is 1.56. The van der Waals surface area contributed by atoms with Gasteiger partial charge in [0.2, 0.25) is 0 Å². The van der Waals surface area contributed by atoms with Crippen molar-refractivity contribution in [1.29, 1.82) is 0 Å². The Hall–Kier alpha value is -2.89. The molecule has 2 aromatic heterocycles. The first-order valence-corrected chi connectivity index (χ1v) is 9.06. The van der Waals surface area contributed by atoms with E-state index in [1.54, 1.807) is 19.2 Å². The summed E-state index contributed by atoms with van der Waals surface area (Å²) in [5.41, 5.74) is 1.82. The van der Waals surface area contributed by atoms with Gasteiger partial charge in [-0.25, -0.2) is 0 Å². The van der Waals surface area contributed by atoms with Crippen LogP contribution in [0.3, 0.4) is 0 Å². The molecule has 0 unspecified atom stereocenters. The maximum absolute atomic E-state index is 12.7. The predicted molar refractivity (Wildman–Crippen MR) is 99.8 cm³/mol. The van der Waals surface area contributed by atoms with Crippen LogP contribution in [0.5, 0.6) is 5.75 Å². The van der Waals surface area contributed by atoms with Crippen LogP contribution in [0.4, 0.5) is 5.69 Å². The molecule has 1 aromatic carbocycles. The normalized spacial score (nSPS) is 15.1. The number of rotatable bonds is 4. The molecular weight excluding hydrogens is 328 g/mol. The molecule has 1 amide bonds. The largest absolute Gasteiger partial charge is 0.496 e. The highest BCUT2D eigenvalue weighted by Crippen LogP contribution is 2.32. The molecule has 134 valence electrons. The number of benzene rings is 1. The fourth-order valence-electron chi connectivity index (χ4n) is 3.69. The lowest BCUT2D eigenvalue weighted by atomic mass is 9.89. The molecule has 1 fully saturated rings. The van der Waals surface area contributed by atoms with Crippen LogP contribution < -0.4 is 10.1 Å². The van der Waals surface area contributed by atoms with Crippen molar-refractivity contribution in [3.63, 3.8) is 0 Å². The molecule has 1 saturated carbocycles. The van der Waals surface area contributed by atoms with Crippen LogP contribution in [0.2, 0.25) is 0 Å². The first kappa shape index (κ1) is 16.6. The molecule has 26 heavy (non-hydrogen) atoms. The van der Waals surface area contributed by atoms with Crippen LogP contribution >= 0.6 is 0 Å². The summed E-state index contributed by atoms with van der Waals surface area (Å²) in [6.45, 7) is 0. The van der Waals surface area contributed by atoms with Gasteiger partial charge in [0.05, 0.1) is 18.4 Å². The SMILES string of the molecule is COc1ccccc1C(=O)Nc1cccn2c(C3CCCCC3)nnc12. The Morgan fingerprint density at radius 3 is 2.73 bits per heavy atom. The van der Waals surface area contributed by atoms with Crippen LogP contribution in [-0.2, 0) is 0 Å². The number of ether oxygens (including phenoxy) is 1. The first-order chi connectivity index (χ1) is 12.8. The van der Waals surface area contributed by atoms with Crippen molar-refractivity contribution in [1.82, 2.24) is 14.6 Å². The van der Waals surface area contributed by atoms with Gasteiger partial charge in [-0.15, -0.1) is 10.2 Å².